The van der Waals surface area contributed by atoms with Crippen LogP contribution in [-0.4, -0.2) is 31.3 Å². The minimum absolute atomic E-state index is 0.225. The van der Waals surface area contributed by atoms with Gasteiger partial charge in [0.1, 0.15) is 17.8 Å². The Bertz CT molecular complexity index is 503. The minimum atomic E-state index is -0.230. The molecule has 0 aliphatic heterocycles. The Kier molecular flexibility index (Phi) is 3.71. The van der Waals surface area contributed by atoms with Crippen molar-refractivity contribution in [2.75, 3.05) is 0 Å². The molecule has 0 aliphatic rings. The van der Waals surface area contributed by atoms with Crippen molar-refractivity contribution < 1.29 is 4.79 Å². The van der Waals surface area contributed by atoms with Gasteiger partial charge in [-0.05, 0) is 19.4 Å². The molecular weight excluding hydrogens is 232 g/mol. The fourth-order valence-electron chi connectivity index (χ4n) is 1.64. The topological polar surface area (TPSA) is 99.3 Å². The van der Waals surface area contributed by atoms with E-state index in [1.54, 1.807) is 6.07 Å². The molecule has 2 aromatic rings. The molecule has 0 radical (unpaired) electrons. The van der Waals surface area contributed by atoms with Gasteiger partial charge in [-0.15, -0.1) is 0 Å². The first-order chi connectivity index (χ1) is 8.70. The molecule has 0 saturated heterocycles. The van der Waals surface area contributed by atoms with Crippen LogP contribution in [0, 0.1) is 0 Å². The lowest BCUT2D eigenvalue weighted by Crippen LogP contribution is -2.27. The van der Waals surface area contributed by atoms with Crippen molar-refractivity contribution >= 4 is 5.91 Å². The van der Waals surface area contributed by atoms with Gasteiger partial charge in [-0.2, -0.15) is 10.2 Å². The zero-order chi connectivity index (χ0) is 13.0. The zero-order valence-corrected chi connectivity index (χ0v) is 10.4. The van der Waals surface area contributed by atoms with Gasteiger partial charge in [-0.25, -0.2) is 4.98 Å². The third-order valence-electron chi connectivity index (χ3n) is 2.57. The second-order valence-corrected chi connectivity index (χ2v) is 4.09. The number of aromatic amines is 2. The predicted octanol–water partition coefficient (Wildman–Crippen LogP) is 0.971. The van der Waals surface area contributed by atoms with Crippen molar-refractivity contribution in [1.29, 1.82) is 0 Å². The number of amides is 1. The molecule has 3 N–H and O–H groups in total. The highest BCUT2D eigenvalue weighted by atomic mass is 16.2. The summed E-state index contributed by atoms with van der Waals surface area (Å²) in [4.78, 5) is 15.9. The van der Waals surface area contributed by atoms with Crippen molar-refractivity contribution in [2.45, 2.75) is 32.7 Å². The van der Waals surface area contributed by atoms with Crippen LogP contribution in [-0.2, 0) is 6.42 Å². The second-order valence-electron chi connectivity index (χ2n) is 4.09. The molecule has 0 saturated carbocycles. The number of carbonyl (C=O) groups is 1. The standard InChI is InChI=1S/C11H16N6O/c1-3-4-8-5-9(16-15-8)11(18)14-7(2)10-12-6-13-17-10/h5-7H,3-4H2,1-2H3,(H,14,18)(H,15,16)(H,12,13,17). The van der Waals surface area contributed by atoms with E-state index in [2.05, 4.69) is 37.6 Å². The summed E-state index contributed by atoms with van der Waals surface area (Å²) in [6.45, 7) is 3.91. The van der Waals surface area contributed by atoms with Gasteiger partial charge in [0.25, 0.3) is 5.91 Å². The molecule has 0 aliphatic carbocycles. The Morgan fingerprint density at radius 1 is 1.50 bits per heavy atom. The Balaban J connectivity index is 1.98. The molecule has 0 bridgehead atoms. The summed E-state index contributed by atoms with van der Waals surface area (Å²) in [5, 5.41) is 16.1. The van der Waals surface area contributed by atoms with E-state index in [0.29, 0.717) is 11.5 Å². The molecule has 7 nitrogen and oxygen atoms in total. The zero-order valence-electron chi connectivity index (χ0n) is 10.4. The Labute approximate surface area is 104 Å². The van der Waals surface area contributed by atoms with E-state index in [-0.39, 0.29) is 11.9 Å². The largest absolute Gasteiger partial charge is 0.341 e. The summed E-state index contributed by atoms with van der Waals surface area (Å²) in [7, 11) is 0. The molecule has 2 rings (SSSR count). The van der Waals surface area contributed by atoms with E-state index in [1.165, 1.54) is 6.33 Å². The number of aryl methyl sites for hydroxylation is 1. The first kappa shape index (κ1) is 12.3. The summed E-state index contributed by atoms with van der Waals surface area (Å²) >= 11 is 0. The van der Waals surface area contributed by atoms with Crippen LogP contribution in [0.3, 0.4) is 0 Å². The number of H-pyrrole nitrogens is 2. The van der Waals surface area contributed by atoms with Crippen molar-refractivity contribution in [3.63, 3.8) is 0 Å². The van der Waals surface area contributed by atoms with Crippen LogP contribution in [0.1, 0.15) is 48.3 Å². The number of rotatable bonds is 5. The first-order valence-electron chi connectivity index (χ1n) is 5.91. The van der Waals surface area contributed by atoms with Gasteiger partial charge < -0.3 is 5.32 Å². The maximum Gasteiger partial charge on any atom is 0.272 e. The average Bonchev–Trinajstić information content (AvgIpc) is 3.00. The molecule has 1 unspecified atom stereocenters. The number of nitrogens with one attached hydrogen (secondary N) is 3. The van der Waals surface area contributed by atoms with E-state index in [0.717, 1.165) is 18.5 Å². The molecular formula is C11H16N6O. The molecule has 18 heavy (non-hydrogen) atoms. The van der Waals surface area contributed by atoms with Crippen LogP contribution in [0.25, 0.3) is 0 Å². The molecule has 96 valence electrons. The summed E-state index contributed by atoms with van der Waals surface area (Å²) < 4.78 is 0. The van der Waals surface area contributed by atoms with Gasteiger partial charge in [-0.1, -0.05) is 13.3 Å². The lowest BCUT2D eigenvalue weighted by atomic mass is 10.2. The number of carbonyl (C=O) groups excluding carboxylic acids is 1. The van der Waals surface area contributed by atoms with Crippen molar-refractivity contribution in [3.05, 3.63) is 29.6 Å². The molecule has 1 atom stereocenters. The highest BCUT2D eigenvalue weighted by Crippen LogP contribution is 2.07. The summed E-state index contributed by atoms with van der Waals surface area (Å²) in [5.41, 5.74) is 1.36. The molecule has 7 heteroatoms. The van der Waals surface area contributed by atoms with Gasteiger partial charge in [0.05, 0.1) is 6.04 Å². The maximum atomic E-state index is 11.9. The van der Waals surface area contributed by atoms with E-state index in [1.807, 2.05) is 6.92 Å². The van der Waals surface area contributed by atoms with Crippen molar-refractivity contribution in [2.24, 2.45) is 0 Å². The fourth-order valence-corrected chi connectivity index (χ4v) is 1.64. The smallest absolute Gasteiger partial charge is 0.272 e. The van der Waals surface area contributed by atoms with Crippen LogP contribution < -0.4 is 5.32 Å². The van der Waals surface area contributed by atoms with Gasteiger partial charge in [0.15, 0.2) is 0 Å². The maximum absolute atomic E-state index is 11.9. The number of hydrogen-bond donors (Lipinski definition) is 3. The molecule has 0 spiro atoms. The molecule has 2 heterocycles. The predicted molar refractivity (Wildman–Crippen MR) is 64.8 cm³/mol. The second kappa shape index (κ2) is 5.44. The Morgan fingerprint density at radius 2 is 2.33 bits per heavy atom. The Morgan fingerprint density at radius 3 is 3.00 bits per heavy atom. The number of nitrogens with zero attached hydrogens (tertiary/aromatic N) is 3. The normalized spacial score (nSPS) is 12.3. The van der Waals surface area contributed by atoms with Gasteiger partial charge in [-0.3, -0.25) is 15.0 Å². The third kappa shape index (κ3) is 2.73. The van der Waals surface area contributed by atoms with E-state index < -0.39 is 0 Å². The highest BCUT2D eigenvalue weighted by Gasteiger charge is 2.15. The third-order valence-corrected chi connectivity index (χ3v) is 2.57. The fraction of sp³-hybridized carbons (Fsp3) is 0.455. The van der Waals surface area contributed by atoms with Gasteiger partial charge >= 0.3 is 0 Å². The Hall–Kier alpha value is -2.18. The molecule has 2 aromatic heterocycles. The number of aromatic nitrogens is 5. The van der Waals surface area contributed by atoms with Gasteiger partial charge in [0, 0.05) is 5.69 Å². The van der Waals surface area contributed by atoms with Crippen LogP contribution in [0.15, 0.2) is 12.4 Å². The van der Waals surface area contributed by atoms with Crippen LogP contribution >= 0.6 is 0 Å². The SMILES string of the molecule is CCCc1cc(C(=O)NC(C)c2ncn[nH]2)n[nH]1. The molecule has 1 amide bonds. The van der Waals surface area contributed by atoms with Gasteiger partial charge in [0.2, 0.25) is 0 Å². The molecule has 0 fully saturated rings. The summed E-state index contributed by atoms with van der Waals surface area (Å²) in [6.07, 6.45) is 3.31. The lowest BCUT2D eigenvalue weighted by Gasteiger charge is -2.08. The highest BCUT2D eigenvalue weighted by molar-refractivity contribution is 5.92. The van der Waals surface area contributed by atoms with Crippen molar-refractivity contribution in [3.8, 4) is 0 Å². The van der Waals surface area contributed by atoms with Crippen LogP contribution in [0.2, 0.25) is 0 Å². The van der Waals surface area contributed by atoms with Crippen LogP contribution in [0.4, 0.5) is 0 Å². The monoisotopic (exact) mass is 248 g/mol. The van der Waals surface area contributed by atoms with Crippen LogP contribution in [0.5, 0.6) is 0 Å². The van der Waals surface area contributed by atoms with E-state index >= 15 is 0 Å². The minimum Gasteiger partial charge on any atom is -0.341 e. The first-order valence-corrected chi connectivity index (χ1v) is 5.91. The summed E-state index contributed by atoms with van der Waals surface area (Å²) in [5.74, 6) is 0.394. The van der Waals surface area contributed by atoms with Crippen molar-refractivity contribution in [1.82, 2.24) is 30.7 Å². The lowest BCUT2D eigenvalue weighted by molar-refractivity contribution is 0.0933. The van der Waals surface area contributed by atoms with E-state index in [4.69, 9.17) is 0 Å². The summed E-state index contributed by atoms with van der Waals surface area (Å²) in [6, 6.07) is 1.54. The number of hydrogen-bond acceptors (Lipinski definition) is 4. The quantitative estimate of drug-likeness (QED) is 0.734. The molecule has 0 aromatic carbocycles. The average molecular weight is 248 g/mol. The van der Waals surface area contributed by atoms with E-state index in [9.17, 15) is 4.79 Å².